The van der Waals surface area contributed by atoms with Gasteiger partial charge in [-0.05, 0) is 25.1 Å². The van der Waals surface area contributed by atoms with Crippen LogP contribution in [0.1, 0.15) is 17.3 Å². The van der Waals surface area contributed by atoms with E-state index < -0.39 is 36.1 Å². The van der Waals surface area contributed by atoms with Crippen LogP contribution < -0.4 is 10.9 Å². The molecule has 3 rings (SSSR count). The second-order valence-corrected chi connectivity index (χ2v) is 5.90. The lowest BCUT2D eigenvalue weighted by atomic mass is 10.0. The monoisotopic (exact) mass is 364 g/mol. The Kier molecular flexibility index (Phi) is 5.23. The number of nitrogens with zero attached hydrogens (tertiary/aromatic N) is 1. The van der Waals surface area contributed by atoms with Crippen LogP contribution >= 0.6 is 0 Å². The van der Waals surface area contributed by atoms with Gasteiger partial charge < -0.3 is 30.1 Å². The molecule has 0 bridgehead atoms. The van der Waals surface area contributed by atoms with Crippen LogP contribution in [0.5, 0.6) is 0 Å². The highest BCUT2D eigenvalue weighted by atomic mass is 16.5. The van der Waals surface area contributed by atoms with Crippen LogP contribution in [0, 0.1) is 0 Å². The van der Waals surface area contributed by atoms with E-state index in [0.717, 1.165) is 0 Å². The van der Waals surface area contributed by atoms with E-state index in [9.17, 15) is 24.9 Å². The first-order chi connectivity index (χ1) is 12.4. The summed E-state index contributed by atoms with van der Waals surface area (Å²) in [6, 6.07) is 6.27. The Labute approximate surface area is 148 Å². The summed E-state index contributed by atoms with van der Waals surface area (Å²) in [6.07, 6.45) is -3.73. The Morgan fingerprint density at radius 2 is 2.12 bits per heavy atom. The molecule has 4 atom stereocenters. The van der Waals surface area contributed by atoms with Crippen molar-refractivity contribution in [3.8, 4) is 0 Å². The lowest BCUT2D eigenvalue weighted by Gasteiger charge is -2.35. The van der Waals surface area contributed by atoms with Gasteiger partial charge in [-0.2, -0.15) is 0 Å². The number of anilines is 1. The van der Waals surface area contributed by atoms with Gasteiger partial charge in [-0.3, -0.25) is 9.20 Å². The standard InChI is InChI=1S/C17H20N2O7/c1-2-25-17(24)9-7-10(16(23)19-6-4-3-5-11(9)19)18-15-14(22)13(21)12(20)8-26-15/h3-7,12-15,18,20-22H,2,8H2,1H3/t12-,13+,14-,15?/m1/s1. The van der Waals surface area contributed by atoms with Gasteiger partial charge >= 0.3 is 5.97 Å². The number of carbonyl (C=O) groups excluding carboxylic acids is 1. The van der Waals surface area contributed by atoms with E-state index in [4.69, 9.17) is 9.47 Å². The van der Waals surface area contributed by atoms with E-state index in [1.807, 2.05) is 0 Å². The molecule has 1 fully saturated rings. The normalized spacial score (nSPS) is 25.8. The van der Waals surface area contributed by atoms with Gasteiger partial charge in [0.05, 0.1) is 24.3 Å². The number of ether oxygens (including phenoxy) is 2. The SMILES string of the molecule is CCOC(=O)c1cc(NC2OC[C@@H](O)[C@H](O)[C@H]2O)c(=O)n2ccccc12. The number of esters is 1. The van der Waals surface area contributed by atoms with Crippen LogP contribution in [0.3, 0.4) is 0 Å². The third-order valence-corrected chi connectivity index (χ3v) is 4.17. The van der Waals surface area contributed by atoms with Crippen molar-refractivity contribution >= 4 is 17.2 Å². The maximum Gasteiger partial charge on any atom is 0.340 e. The number of hydrogen-bond donors (Lipinski definition) is 4. The summed E-state index contributed by atoms with van der Waals surface area (Å²) in [4.78, 5) is 24.9. The Bertz CT molecular complexity index is 866. The average molecular weight is 364 g/mol. The predicted molar refractivity (Wildman–Crippen MR) is 91.0 cm³/mol. The highest BCUT2D eigenvalue weighted by Crippen LogP contribution is 2.20. The molecule has 1 aliphatic rings. The second kappa shape index (κ2) is 7.42. The number of rotatable bonds is 4. The van der Waals surface area contributed by atoms with Crippen LogP contribution in [-0.2, 0) is 9.47 Å². The molecule has 1 saturated heterocycles. The predicted octanol–water partition coefficient (Wildman–Crippen LogP) is -0.673. The van der Waals surface area contributed by atoms with Gasteiger partial charge in [-0.15, -0.1) is 0 Å². The van der Waals surface area contributed by atoms with Crippen LogP contribution in [0.15, 0.2) is 35.3 Å². The van der Waals surface area contributed by atoms with Crippen LogP contribution in [0.25, 0.3) is 5.52 Å². The topological polar surface area (TPSA) is 130 Å². The highest BCUT2D eigenvalue weighted by Gasteiger charge is 2.38. The number of aliphatic hydroxyl groups is 3. The summed E-state index contributed by atoms with van der Waals surface area (Å²) in [5.74, 6) is -0.597. The number of nitrogens with one attached hydrogen (secondary N) is 1. The molecule has 0 radical (unpaired) electrons. The number of hydrogen-bond acceptors (Lipinski definition) is 8. The van der Waals surface area contributed by atoms with Gasteiger partial charge in [-0.1, -0.05) is 6.07 Å². The number of pyridine rings is 2. The fraction of sp³-hybridized carbons (Fsp3) is 0.412. The van der Waals surface area contributed by atoms with E-state index in [0.29, 0.717) is 5.52 Å². The van der Waals surface area contributed by atoms with Gasteiger partial charge in [0.25, 0.3) is 5.56 Å². The summed E-state index contributed by atoms with van der Waals surface area (Å²) >= 11 is 0. The minimum Gasteiger partial charge on any atom is -0.462 e. The fourth-order valence-electron chi connectivity index (χ4n) is 2.81. The Balaban J connectivity index is 2.02. The van der Waals surface area contributed by atoms with Gasteiger partial charge in [0.15, 0.2) is 6.23 Å². The quantitative estimate of drug-likeness (QED) is 0.526. The Morgan fingerprint density at radius 1 is 1.35 bits per heavy atom. The summed E-state index contributed by atoms with van der Waals surface area (Å²) in [5, 5.41) is 32.0. The van der Waals surface area contributed by atoms with Crippen LogP contribution in [0.4, 0.5) is 5.69 Å². The fourth-order valence-corrected chi connectivity index (χ4v) is 2.81. The molecule has 0 saturated carbocycles. The van der Waals surface area contributed by atoms with Crippen molar-refractivity contribution in [2.75, 3.05) is 18.5 Å². The van der Waals surface area contributed by atoms with Crippen molar-refractivity contribution in [3.63, 3.8) is 0 Å². The van der Waals surface area contributed by atoms with Crippen molar-refractivity contribution < 1.29 is 29.6 Å². The smallest absolute Gasteiger partial charge is 0.340 e. The third kappa shape index (κ3) is 3.29. The number of fused-ring (bicyclic) bond motifs is 1. The lowest BCUT2D eigenvalue weighted by molar-refractivity contribution is -0.178. The summed E-state index contributed by atoms with van der Waals surface area (Å²) < 4.78 is 11.6. The Morgan fingerprint density at radius 3 is 2.85 bits per heavy atom. The van der Waals surface area contributed by atoms with Gasteiger partial charge in [0, 0.05) is 6.20 Å². The second-order valence-electron chi connectivity index (χ2n) is 5.90. The molecule has 140 valence electrons. The number of aromatic nitrogens is 1. The first kappa shape index (κ1) is 18.3. The number of aliphatic hydroxyl groups excluding tert-OH is 3. The van der Waals surface area contributed by atoms with Gasteiger partial charge in [0.2, 0.25) is 0 Å². The van der Waals surface area contributed by atoms with E-state index in [-0.39, 0.29) is 24.5 Å². The molecule has 2 aromatic heterocycles. The maximum atomic E-state index is 12.7. The van der Waals surface area contributed by atoms with Crippen molar-refractivity contribution in [3.05, 3.63) is 46.4 Å². The zero-order valence-electron chi connectivity index (χ0n) is 14.0. The van der Waals surface area contributed by atoms with Gasteiger partial charge in [0.1, 0.15) is 24.0 Å². The summed E-state index contributed by atoms with van der Waals surface area (Å²) in [7, 11) is 0. The van der Waals surface area contributed by atoms with Crippen molar-refractivity contribution in [1.82, 2.24) is 4.40 Å². The first-order valence-corrected chi connectivity index (χ1v) is 8.18. The summed E-state index contributed by atoms with van der Waals surface area (Å²) in [6.45, 7) is 1.64. The van der Waals surface area contributed by atoms with Crippen molar-refractivity contribution in [2.24, 2.45) is 0 Å². The van der Waals surface area contributed by atoms with Crippen LogP contribution in [0.2, 0.25) is 0 Å². The zero-order valence-corrected chi connectivity index (χ0v) is 14.0. The van der Waals surface area contributed by atoms with Gasteiger partial charge in [-0.25, -0.2) is 4.79 Å². The molecule has 2 aromatic rings. The Hall–Kier alpha value is -2.46. The molecule has 0 aliphatic carbocycles. The molecule has 0 amide bonds. The highest BCUT2D eigenvalue weighted by molar-refractivity contribution is 5.97. The molecule has 3 heterocycles. The van der Waals surface area contributed by atoms with Crippen LogP contribution in [-0.4, -0.2) is 63.4 Å². The molecular weight excluding hydrogens is 344 g/mol. The lowest BCUT2D eigenvalue weighted by Crippen LogP contribution is -2.55. The van der Waals surface area contributed by atoms with E-state index in [1.165, 1.54) is 16.7 Å². The molecule has 4 N–H and O–H groups in total. The molecule has 9 heteroatoms. The molecule has 1 aliphatic heterocycles. The average Bonchev–Trinajstić information content (AvgIpc) is 2.64. The number of carbonyl (C=O) groups is 1. The van der Waals surface area contributed by atoms with Crippen molar-refractivity contribution in [2.45, 2.75) is 31.5 Å². The first-order valence-electron chi connectivity index (χ1n) is 8.18. The largest absolute Gasteiger partial charge is 0.462 e. The minimum absolute atomic E-state index is 0.00982. The molecule has 1 unspecified atom stereocenters. The van der Waals surface area contributed by atoms with E-state index in [1.54, 1.807) is 25.1 Å². The molecule has 0 spiro atoms. The molecule has 9 nitrogen and oxygen atoms in total. The van der Waals surface area contributed by atoms with Crippen molar-refractivity contribution in [1.29, 1.82) is 0 Å². The zero-order chi connectivity index (χ0) is 18.8. The third-order valence-electron chi connectivity index (χ3n) is 4.17. The molecule has 0 aromatic carbocycles. The minimum atomic E-state index is -1.46. The summed E-state index contributed by atoms with van der Waals surface area (Å²) in [5.41, 5.74) is 0.0666. The maximum absolute atomic E-state index is 12.7. The van der Waals surface area contributed by atoms with E-state index in [2.05, 4.69) is 5.32 Å². The molecular formula is C17H20N2O7. The van der Waals surface area contributed by atoms with E-state index >= 15 is 0 Å². The molecule has 26 heavy (non-hydrogen) atoms.